The first-order valence-corrected chi connectivity index (χ1v) is 5.44. The number of rotatable bonds is 3. The van der Waals surface area contributed by atoms with E-state index >= 15 is 0 Å². The molecule has 0 aliphatic rings. The number of aromatic amines is 1. The number of nitrogens with zero attached hydrogens (tertiary/aromatic N) is 1. The molecule has 0 saturated carbocycles. The van der Waals surface area contributed by atoms with Gasteiger partial charge in [-0.15, -0.1) is 0 Å². The van der Waals surface area contributed by atoms with Gasteiger partial charge in [-0.25, -0.2) is 4.68 Å². The van der Waals surface area contributed by atoms with Gasteiger partial charge in [-0.3, -0.25) is 14.7 Å². The molecule has 4 nitrogen and oxygen atoms in total. The van der Waals surface area contributed by atoms with E-state index in [2.05, 4.69) is 5.10 Å². The van der Waals surface area contributed by atoms with Crippen LogP contribution in [0.2, 0.25) is 0 Å². The fourth-order valence-corrected chi connectivity index (χ4v) is 1.90. The van der Waals surface area contributed by atoms with E-state index in [4.69, 9.17) is 0 Å². The highest BCUT2D eigenvalue weighted by molar-refractivity contribution is 5.94. The van der Waals surface area contributed by atoms with E-state index < -0.39 is 0 Å². The van der Waals surface area contributed by atoms with E-state index in [9.17, 15) is 9.59 Å². The molecule has 4 heteroatoms. The summed E-state index contributed by atoms with van der Waals surface area (Å²) in [6, 6.07) is 9.64. The van der Waals surface area contributed by atoms with E-state index in [-0.39, 0.29) is 16.9 Å². The van der Waals surface area contributed by atoms with Crippen molar-refractivity contribution >= 4 is 5.78 Å². The molecule has 0 aliphatic heterocycles. The molecule has 0 atom stereocenters. The molecule has 1 heterocycles. The maximum Gasteiger partial charge on any atom is 0.277 e. The number of ketones is 1. The summed E-state index contributed by atoms with van der Waals surface area (Å²) in [5.41, 5.74) is 1.64. The minimum Gasteiger partial charge on any atom is -0.299 e. The van der Waals surface area contributed by atoms with E-state index in [1.807, 2.05) is 30.3 Å². The molecule has 0 aliphatic carbocycles. The molecule has 0 unspecified atom stereocenters. The lowest BCUT2D eigenvalue weighted by molar-refractivity contribution is 0.101. The number of Topliss-reactive ketones (excluding diaryl/α,β-unsaturated/α-hetero) is 1. The minimum absolute atomic E-state index is 0.199. The highest BCUT2D eigenvalue weighted by atomic mass is 16.2. The van der Waals surface area contributed by atoms with Crippen LogP contribution in [0.15, 0.2) is 35.1 Å². The van der Waals surface area contributed by atoms with Gasteiger partial charge in [0, 0.05) is 5.69 Å². The molecule has 1 aromatic carbocycles. The first-order chi connectivity index (χ1) is 8.09. The third-order valence-electron chi connectivity index (χ3n) is 2.67. The van der Waals surface area contributed by atoms with E-state index in [1.165, 1.54) is 11.6 Å². The van der Waals surface area contributed by atoms with Crippen molar-refractivity contribution in [2.75, 3.05) is 0 Å². The quantitative estimate of drug-likeness (QED) is 0.816. The van der Waals surface area contributed by atoms with Crippen molar-refractivity contribution in [2.45, 2.75) is 20.4 Å². The lowest BCUT2D eigenvalue weighted by atomic mass is 10.2. The first kappa shape index (κ1) is 11.4. The molecule has 1 N–H and O–H groups in total. The monoisotopic (exact) mass is 230 g/mol. The number of hydrogen-bond donors (Lipinski definition) is 1. The first-order valence-electron chi connectivity index (χ1n) is 5.44. The van der Waals surface area contributed by atoms with Gasteiger partial charge in [0.05, 0.1) is 6.54 Å². The maximum atomic E-state index is 11.9. The van der Waals surface area contributed by atoms with Crippen LogP contribution in [-0.4, -0.2) is 15.6 Å². The second kappa shape index (κ2) is 4.41. The third-order valence-corrected chi connectivity index (χ3v) is 2.67. The zero-order chi connectivity index (χ0) is 12.4. The van der Waals surface area contributed by atoms with Crippen LogP contribution in [0.3, 0.4) is 0 Å². The van der Waals surface area contributed by atoms with Gasteiger partial charge in [0.25, 0.3) is 5.56 Å². The molecule has 2 rings (SSSR count). The maximum absolute atomic E-state index is 11.9. The number of carbonyl (C=O) groups is 1. The van der Waals surface area contributed by atoms with Crippen LogP contribution in [0.1, 0.15) is 28.5 Å². The van der Waals surface area contributed by atoms with Crippen molar-refractivity contribution in [2.24, 2.45) is 0 Å². The van der Waals surface area contributed by atoms with Crippen molar-refractivity contribution in [1.29, 1.82) is 0 Å². The number of aryl methyl sites for hydroxylation is 1. The normalized spacial score (nSPS) is 10.5. The predicted octanol–water partition coefficient (Wildman–Crippen LogP) is 1.74. The Hall–Kier alpha value is -2.10. The van der Waals surface area contributed by atoms with Crippen LogP contribution in [0, 0.1) is 6.92 Å². The molecular formula is C13H14N2O2. The highest BCUT2D eigenvalue weighted by Crippen LogP contribution is 2.04. The van der Waals surface area contributed by atoms with Crippen molar-refractivity contribution < 1.29 is 4.79 Å². The lowest BCUT2D eigenvalue weighted by Gasteiger charge is -2.01. The number of benzene rings is 1. The standard InChI is InChI=1S/C13H14N2O2/c1-9-12(10(2)16)13(17)15(14-9)8-11-6-4-3-5-7-11/h3-7,14H,8H2,1-2H3. The summed E-state index contributed by atoms with van der Waals surface area (Å²) < 4.78 is 1.46. The number of H-pyrrole nitrogens is 1. The van der Waals surface area contributed by atoms with Crippen LogP contribution < -0.4 is 5.56 Å². The predicted molar refractivity (Wildman–Crippen MR) is 65.3 cm³/mol. The van der Waals surface area contributed by atoms with Crippen LogP contribution in [-0.2, 0) is 6.54 Å². The molecule has 1 aromatic heterocycles. The number of nitrogens with one attached hydrogen (secondary N) is 1. The number of aromatic nitrogens is 2. The Morgan fingerprint density at radius 2 is 1.94 bits per heavy atom. The van der Waals surface area contributed by atoms with Crippen molar-refractivity contribution in [1.82, 2.24) is 9.78 Å². The van der Waals surface area contributed by atoms with Gasteiger partial charge in [0.1, 0.15) is 5.56 Å². The Bertz CT molecular complexity index is 594. The second-order valence-corrected chi connectivity index (χ2v) is 4.04. The molecule has 17 heavy (non-hydrogen) atoms. The lowest BCUT2D eigenvalue weighted by Crippen LogP contribution is -2.21. The fraction of sp³-hybridized carbons (Fsp3) is 0.231. The van der Waals surface area contributed by atoms with Gasteiger partial charge >= 0.3 is 0 Å². The van der Waals surface area contributed by atoms with Crippen LogP contribution in [0.25, 0.3) is 0 Å². The summed E-state index contributed by atoms with van der Waals surface area (Å²) in [5.74, 6) is -0.199. The largest absolute Gasteiger partial charge is 0.299 e. The van der Waals surface area contributed by atoms with E-state index in [0.29, 0.717) is 12.2 Å². The molecule has 0 spiro atoms. The van der Waals surface area contributed by atoms with Crippen LogP contribution in [0.5, 0.6) is 0 Å². The van der Waals surface area contributed by atoms with Crippen molar-refractivity contribution in [3.63, 3.8) is 0 Å². The average Bonchev–Trinajstić information content (AvgIpc) is 2.55. The summed E-state index contributed by atoms with van der Waals surface area (Å²) in [6.07, 6.45) is 0. The zero-order valence-corrected chi connectivity index (χ0v) is 9.86. The summed E-state index contributed by atoms with van der Waals surface area (Å²) in [4.78, 5) is 23.3. The molecule has 88 valence electrons. The topological polar surface area (TPSA) is 54.9 Å². The molecule has 0 amide bonds. The Labute approximate surface area is 98.9 Å². The van der Waals surface area contributed by atoms with E-state index in [0.717, 1.165) is 5.56 Å². The Morgan fingerprint density at radius 3 is 2.47 bits per heavy atom. The zero-order valence-electron chi connectivity index (χ0n) is 9.86. The van der Waals surface area contributed by atoms with Gasteiger partial charge in [-0.05, 0) is 19.4 Å². The smallest absolute Gasteiger partial charge is 0.277 e. The third kappa shape index (κ3) is 2.20. The number of hydrogen-bond acceptors (Lipinski definition) is 2. The fourth-order valence-electron chi connectivity index (χ4n) is 1.90. The SMILES string of the molecule is CC(=O)c1c(C)[nH]n(Cc2ccccc2)c1=O. The molecule has 0 saturated heterocycles. The van der Waals surface area contributed by atoms with Gasteiger partial charge in [-0.2, -0.15) is 0 Å². The van der Waals surface area contributed by atoms with Crippen molar-refractivity contribution in [3.05, 3.63) is 57.5 Å². The van der Waals surface area contributed by atoms with Crippen LogP contribution >= 0.6 is 0 Å². The minimum atomic E-state index is -0.251. The Balaban J connectivity index is 2.39. The van der Waals surface area contributed by atoms with Crippen LogP contribution in [0.4, 0.5) is 0 Å². The van der Waals surface area contributed by atoms with Gasteiger partial charge in [0.2, 0.25) is 0 Å². The summed E-state index contributed by atoms with van der Waals surface area (Å²) in [7, 11) is 0. The van der Waals surface area contributed by atoms with E-state index in [1.54, 1.807) is 6.92 Å². The molecule has 2 aromatic rings. The van der Waals surface area contributed by atoms with Crippen molar-refractivity contribution in [3.8, 4) is 0 Å². The molecular weight excluding hydrogens is 216 g/mol. The molecule has 0 fully saturated rings. The Morgan fingerprint density at radius 1 is 1.29 bits per heavy atom. The Kier molecular flexibility index (Phi) is 2.95. The van der Waals surface area contributed by atoms with Gasteiger partial charge < -0.3 is 0 Å². The summed E-state index contributed by atoms with van der Waals surface area (Å²) in [5, 5.41) is 2.93. The highest BCUT2D eigenvalue weighted by Gasteiger charge is 2.14. The molecule has 0 radical (unpaired) electrons. The summed E-state index contributed by atoms with van der Waals surface area (Å²) in [6.45, 7) is 3.60. The average molecular weight is 230 g/mol. The van der Waals surface area contributed by atoms with Gasteiger partial charge in [0.15, 0.2) is 5.78 Å². The molecule has 0 bridgehead atoms. The second-order valence-electron chi connectivity index (χ2n) is 4.04. The van der Waals surface area contributed by atoms with Gasteiger partial charge in [-0.1, -0.05) is 30.3 Å². The summed E-state index contributed by atoms with van der Waals surface area (Å²) >= 11 is 0. The number of carbonyl (C=O) groups excluding carboxylic acids is 1.